The number of hydrogen-bond donors (Lipinski definition) is 2. The zero-order valence-corrected chi connectivity index (χ0v) is 22.0. The Bertz CT molecular complexity index is 1410. The van der Waals surface area contributed by atoms with Gasteiger partial charge in [-0.1, -0.05) is 12.2 Å². The smallest absolute Gasteiger partial charge is 0.310 e. The highest BCUT2D eigenvalue weighted by atomic mass is 16.6. The fraction of sp³-hybridized carbons (Fsp3) is 0.179. The molecule has 0 spiro atoms. The minimum Gasteiger partial charge on any atom is -0.504 e. The molecule has 204 valence electrons. The summed E-state index contributed by atoms with van der Waals surface area (Å²) in [6.45, 7) is 0. The van der Waals surface area contributed by atoms with Crippen molar-refractivity contribution in [3.63, 3.8) is 0 Å². The van der Waals surface area contributed by atoms with Gasteiger partial charge >= 0.3 is 5.69 Å². The van der Waals surface area contributed by atoms with E-state index in [2.05, 4.69) is 5.32 Å². The van der Waals surface area contributed by atoms with Gasteiger partial charge in [-0.2, -0.15) is 0 Å². The summed E-state index contributed by atoms with van der Waals surface area (Å²) in [5.41, 5.74) is 1.88. The maximum absolute atomic E-state index is 12.7. The highest BCUT2D eigenvalue weighted by Crippen LogP contribution is 2.39. The van der Waals surface area contributed by atoms with Gasteiger partial charge in [0.25, 0.3) is 0 Å². The molecule has 0 saturated carbocycles. The summed E-state index contributed by atoms with van der Waals surface area (Å²) in [5, 5.41) is 24.3. The van der Waals surface area contributed by atoms with Crippen LogP contribution in [0, 0.1) is 10.1 Å². The average Bonchev–Trinajstić information content (AvgIpc) is 2.93. The fourth-order valence-electron chi connectivity index (χ4n) is 3.72. The minimum atomic E-state index is -0.555. The van der Waals surface area contributed by atoms with E-state index in [9.17, 15) is 20.0 Å². The lowest BCUT2D eigenvalue weighted by molar-refractivity contribution is -0.385. The molecule has 11 nitrogen and oxygen atoms in total. The summed E-state index contributed by atoms with van der Waals surface area (Å²) in [7, 11) is 7.25. The van der Waals surface area contributed by atoms with Gasteiger partial charge in [-0.05, 0) is 59.2 Å². The van der Waals surface area contributed by atoms with Crippen LogP contribution in [0.25, 0.3) is 18.2 Å². The Morgan fingerprint density at radius 3 is 1.87 bits per heavy atom. The number of carbonyl (C=O) groups is 1. The standard InChI is InChI=1S/C28H28N2O9/c1-35-23-14-17(8-10-21(23)30(33)34)9-11-26(32)29-20-12-18(13-22(31)27(20)38-4)6-7-19-15-24(36-2)28(39-5)25(16-19)37-3/h6-16,31H,1-5H3,(H,29,32)/b7-6+,11-9+. The molecule has 0 saturated heterocycles. The number of phenols is 1. The first-order valence-electron chi connectivity index (χ1n) is 11.4. The van der Waals surface area contributed by atoms with Gasteiger partial charge in [0.15, 0.2) is 28.7 Å². The van der Waals surface area contributed by atoms with Crippen molar-refractivity contribution in [2.75, 3.05) is 40.9 Å². The molecular formula is C28H28N2O9. The number of nitro groups is 1. The van der Waals surface area contributed by atoms with Crippen molar-refractivity contribution in [1.29, 1.82) is 0 Å². The molecule has 0 fully saturated rings. The number of amides is 1. The number of ether oxygens (including phenoxy) is 5. The molecule has 0 heterocycles. The Morgan fingerprint density at radius 1 is 0.769 bits per heavy atom. The van der Waals surface area contributed by atoms with Gasteiger partial charge in [-0.3, -0.25) is 14.9 Å². The molecule has 0 radical (unpaired) electrons. The van der Waals surface area contributed by atoms with Crippen molar-refractivity contribution in [2.45, 2.75) is 0 Å². The van der Waals surface area contributed by atoms with Crippen LogP contribution in [0.2, 0.25) is 0 Å². The van der Waals surface area contributed by atoms with Crippen LogP contribution in [0.15, 0.2) is 48.5 Å². The van der Waals surface area contributed by atoms with E-state index in [1.54, 1.807) is 30.4 Å². The maximum Gasteiger partial charge on any atom is 0.310 e. The zero-order chi connectivity index (χ0) is 28.5. The molecule has 2 N–H and O–H groups in total. The van der Waals surface area contributed by atoms with Crippen LogP contribution in [0.5, 0.6) is 34.5 Å². The van der Waals surface area contributed by atoms with Gasteiger partial charge in [0, 0.05) is 12.1 Å². The van der Waals surface area contributed by atoms with E-state index in [0.717, 1.165) is 5.56 Å². The van der Waals surface area contributed by atoms with E-state index in [0.29, 0.717) is 28.4 Å². The highest BCUT2D eigenvalue weighted by molar-refractivity contribution is 6.03. The number of carbonyl (C=O) groups excluding carboxylic acids is 1. The van der Waals surface area contributed by atoms with Crippen LogP contribution >= 0.6 is 0 Å². The van der Waals surface area contributed by atoms with Crippen LogP contribution in [-0.4, -0.2) is 51.5 Å². The second kappa shape index (κ2) is 12.9. The Hall–Kier alpha value is -5.19. The molecule has 0 bridgehead atoms. The zero-order valence-electron chi connectivity index (χ0n) is 22.0. The molecule has 11 heteroatoms. The number of anilines is 1. The van der Waals surface area contributed by atoms with Crippen molar-refractivity contribution < 1.29 is 38.5 Å². The molecule has 0 aliphatic heterocycles. The number of rotatable bonds is 11. The van der Waals surface area contributed by atoms with Crippen LogP contribution in [0.3, 0.4) is 0 Å². The molecule has 3 aromatic rings. The van der Waals surface area contributed by atoms with Gasteiger partial charge < -0.3 is 34.1 Å². The minimum absolute atomic E-state index is 0.0701. The van der Waals surface area contributed by atoms with Crippen molar-refractivity contribution in [3.05, 3.63) is 75.3 Å². The van der Waals surface area contributed by atoms with Gasteiger partial charge in [0.05, 0.1) is 46.2 Å². The van der Waals surface area contributed by atoms with Gasteiger partial charge in [0.2, 0.25) is 11.7 Å². The summed E-state index contributed by atoms with van der Waals surface area (Å²) in [6, 6.07) is 10.9. The summed E-state index contributed by atoms with van der Waals surface area (Å²) >= 11 is 0. The van der Waals surface area contributed by atoms with E-state index < -0.39 is 10.8 Å². The van der Waals surface area contributed by atoms with Crippen molar-refractivity contribution in [2.24, 2.45) is 0 Å². The predicted molar refractivity (Wildman–Crippen MR) is 147 cm³/mol. The summed E-state index contributed by atoms with van der Waals surface area (Å²) < 4.78 is 26.4. The Morgan fingerprint density at radius 2 is 1.33 bits per heavy atom. The Balaban J connectivity index is 1.86. The molecule has 3 aromatic carbocycles. The number of hydrogen-bond acceptors (Lipinski definition) is 9. The van der Waals surface area contributed by atoms with Crippen molar-refractivity contribution in [1.82, 2.24) is 0 Å². The van der Waals surface area contributed by atoms with E-state index in [1.807, 2.05) is 0 Å². The molecular weight excluding hydrogens is 508 g/mol. The third-order valence-corrected chi connectivity index (χ3v) is 5.54. The normalized spacial score (nSPS) is 10.9. The van der Waals surface area contributed by atoms with Crippen LogP contribution in [0.4, 0.5) is 11.4 Å². The van der Waals surface area contributed by atoms with Crippen LogP contribution in [0.1, 0.15) is 16.7 Å². The van der Waals surface area contributed by atoms with Gasteiger partial charge in [-0.25, -0.2) is 0 Å². The highest BCUT2D eigenvalue weighted by Gasteiger charge is 2.15. The number of aromatic hydroxyl groups is 1. The lowest BCUT2D eigenvalue weighted by atomic mass is 10.1. The SMILES string of the molecule is COc1cc(/C=C/C(=O)Nc2cc(/C=C/c3cc(OC)c(OC)c(OC)c3)cc(O)c2OC)ccc1[N+](=O)[O-]. The summed E-state index contributed by atoms with van der Waals surface area (Å²) in [6.07, 6.45) is 6.23. The van der Waals surface area contributed by atoms with Gasteiger partial charge in [-0.15, -0.1) is 0 Å². The maximum atomic E-state index is 12.7. The molecule has 0 aromatic heterocycles. The quantitative estimate of drug-likeness (QED) is 0.147. The number of nitrogens with one attached hydrogen (secondary N) is 1. The topological polar surface area (TPSA) is 139 Å². The fourth-order valence-corrected chi connectivity index (χ4v) is 3.72. The molecule has 1 amide bonds. The number of benzene rings is 3. The molecule has 0 aliphatic rings. The predicted octanol–water partition coefficient (Wildman–Crippen LogP) is 5.17. The first kappa shape index (κ1) is 28.4. The monoisotopic (exact) mass is 536 g/mol. The molecule has 3 rings (SSSR count). The molecule has 0 aliphatic carbocycles. The van der Waals surface area contributed by atoms with E-state index in [4.69, 9.17) is 23.7 Å². The molecule has 0 atom stereocenters. The number of nitro benzene ring substituents is 1. The van der Waals surface area contributed by atoms with E-state index >= 15 is 0 Å². The van der Waals surface area contributed by atoms with Crippen molar-refractivity contribution >= 4 is 35.5 Å². The van der Waals surface area contributed by atoms with E-state index in [-0.39, 0.29) is 28.6 Å². The van der Waals surface area contributed by atoms with E-state index in [1.165, 1.54) is 72.0 Å². The van der Waals surface area contributed by atoms with Crippen LogP contribution < -0.4 is 29.0 Å². The second-order valence-corrected chi connectivity index (χ2v) is 7.92. The van der Waals surface area contributed by atoms with Crippen LogP contribution in [-0.2, 0) is 4.79 Å². The first-order chi connectivity index (χ1) is 18.7. The number of nitrogens with zero attached hydrogens (tertiary/aromatic N) is 1. The first-order valence-corrected chi connectivity index (χ1v) is 11.4. The number of phenolic OH excluding ortho intramolecular Hbond substituents is 1. The van der Waals surface area contributed by atoms with Gasteiger partial charge in [0.1, 0.15) is 0 Å². The molecule has 39 heavy (non-hydrogen) atoms. The Labute approximate surface area is 225 Å². The third-order valence-electron chi connectivity index (χ3n) is 5.54. The largest absolute Gasteiger partial charge is 0.504 e. The lowest BCUT2D eigenvalue weighted by Crippen LogP contribution is -2.09. The molecule has 0 unspecified atom stereocenters. The Kier molecular flexibility index (Phi) is 9.36. The van der Waals surface area contributed by atoms with Crippen molar-refractivity contribution in [3.8, 4) is 34.5 Å². The summed E-state index contributed by atoms with van der Waals surface area (Å²) in [5.74, 6) is 0.891. The average molecular weight is 537 g/mol. The lowest BCUT2D eigenvalue weighted by Gasteiger charge is -2.13. The second-order valence-electron chi connectivity index (χ2n) is 7.92. The third kappa shape index (κ3) is 6.77. The summed E-state index contributed by atoms with van der Waals surface area (Å²) in [4.78, 5) is 23.2. The number of methoxy groups -OCH3 is 5.